The highest BCUT2D eigenvalue weighted by atomic mass is 31.2. The molecule has 0 aliphatic carbocycles. The predicted octanol–water partition coefficient (Wildman–Crippen LogP) is 2.62. The van der Waals surface area contributed by atoms with Gasteiger partial charge in [0.2, 0.25) is 5.91 Å². The van der Waals surface area contributed by atoms with Gasteiger partial charge < -0.3 is 20.1 Å². The lowest BCUT2D eigenvalue weighted by atomic mass is 10.0. The molecule has 1 amide bonds. The number of amides is 1. The Hall–Kier alpha value is -1.34. The highest BCUT2D eigenvalue weighted by Crippen LogP contribution is 2.66. The maximum absolute atomic E-state index is 14.6. The average Bonchev–Trinajstić information content (AvgIpc) is 2.54. The minimum atomic E-state index is -4.63. The van der Waals surface area contributed by atoms with Gasteiger partial charge in [0, 0.05) is 12.6 Å². The quantitative estimate of drug-likeness (QED) is 0.658. The standard InChI is InChI=1S/C15H23F2N2O4P/c1-4-22-24(21,23-5-2)15(16,17)12-8-6-11(7-9-12)10-13(18)14(20)19-3/h6-9,13H,4-5,10,18H2,1-3H3,(H,19,20)/t13-/m0/s1. The van der Waals surface area contributed by atoms with E-state index in [1.54, 1.807) is 0 Å². The molecular formula is C15H23F2N2O4P. The molecule has 0 bridgehead atoms. The molecule has 1 aromatic carbocycles. The highest BCUT2D eigenvalue weighted by Gasteiger charge is 2.54. The Morgan fingerprint density at radius 1 is 1.25 bits per heavy atom. The third kappa shape index (κ3) is 4.60. The zero-order valence-electron chi connectivity index (χ0n) is 13.9. The van der Waals surface area contributed by atoms with Crippen molar-refractivity contribution in [3.8, 4) is 0 Å². The number of halogens is 2. The second kappa shape index (κ2) is 8.67. The van der Waals surface area contributed by atoms with Crippen LogP contribution in [0.5, 0.6) is 0 Å². The van der Waals surface area contributed by atoms with Crippen molar-refractivity contribution in [1.82, 2.24) is 5.32 Å². The van der Waals surface area contributed by atoms with Crippen LogP contribution in [0.25, 0.3) is 0 Å². The first-order valence-corrected chi connectivity index (χ1v) is 9.09. The molecule has 1 rings (SSSR count). The van der Waals surface area contributed by atoms with Crippen LogP contribution >= 0.6 is 7.60 Å². The van der Waals surface area contributed by atoms with Gasteiger partial charge in [-0.1, -0.05) is 24.3 Å². The summed E-state index contributed by atoms with van der Waals surface area (Å²) in [6.07, 6.45) is 0.195. The van der Waals surface area contributed by atoms with E-state index in [1.165, 1.54) is 33.0 Å². The van der Waals surface area contributed by atoms with Gasteiger partial charge >= 0.3 is 13.3 Å². The highest BCUT2D eigenvalue weighted by molar-refractivity contribution is 7.54. The normalized spacial score (nSPS) is 13.6. The summed E-state index contributed by atoms with van der Waals surface area (Å²) in [5.41, 5.74) is 2.03. The summed E-state index contributed by atoms with van der Waals surface area (Å²) in [5, 5.41) is 2.41. The zero-order valence-corrected chi connectivity index (χ0v) is 14.8. The molecule has 0 fully saturated rings. The smallest absolute Gasteiger partial charge is 0.358 e. The van der Waals surface area contributed by atoms with Crippen molar-refractivity contribution in [2.24, 2.45) is 5.73 Å². The summed E-state index contributed by atoms with van der Waals surface area (Å²) < 4.78 is 50.9. The Morgan fingerprint density at radius 3 is 2.17 bits per heavy atom. The number of hydrogen-bond donors (Lipinski definition) is 2. The fraction of sp³-hybridized carbons (Fsp3) is 0.533. The van der Waals surface area contributed by atoms with Crippen LogP contribution in [0.4, 0.5) is 8.78 Å². The van der Waals surface area contributed by atoms with Crippen molar-refractivity contribution in [3.63, 3.8) is 0 Å². The number of nitrogens with two attached hydrogens (primary N) is 1. The second-order valence-electron chi connectivity index (χ2n) is 5.00. The van der Waals surface area contributed by atoms with Crippen LogP contribution in [0.15, 0.2) is 24.3 Å². The Morgan fingerprint density at radius 2 is 1.75 bits per heavy atom. The van der Waals surface area contributed by atoms with E-state index < -0.39 is 24.9 Å². The molecule has 1 atom stereocenters. The molecule has 0 unspecified atom stereocenters. The lowest BCUT2D eigenvalue weighted by molar-refractivity contribution is -0.121. The first-order chi connectivity index (χ1) is 11.2. The number of benzene rings is 1. The maximum atomic E-state index is 14.6. The lowest BCUT2D eigenvalue weighted by Gasteiger charge is -2.26. The van der Waals surface area contributed by atoms with E-state index in [0.717, 1.165) is 12.1 Å². The number of hydrogen-bond acceptors (Lipinski definition) is 5. The number of likely N-dealkylation sites (N-methyl/N-ethyl adjacent to an activating group) is 1. The molecule has 9 heteroatoms. The Labute approximate surface area is 140 Å². The molecule has 0 aliphatic heterocycles. The summed E-state index contributed by atoms with van der Waals surface area (Å²) in [6, 6.07) is 4.31. The van der Waals surface area contributed by atoms with Gasteiger partial charge in [0.05, 0.1) is 19.3 Å². The number of nitrogens with one attached hydrogen (secondary N) is 1. The van der Waals surface area contributed by atoms with Crippen LogP contribution in [0.1, 0.15) is 25.0 Å². The van der Waals surface area contributed by atoms with Crippen LogP contribution in [0.2, 0.25) is 0 Å². The SMILES string of the molecule is CCOP(=O)(OCC)C(F)(F)c1ccc(C[C@H](N)C(=O)NC)cc1. The minimum Gasteiger partial charge on any atom is -0.358 e. The van der Waals surface area contributed by atoms with Gasteiger partial charge in [-0.3, -0.25) is 9.36 Å². The molecule has 0 heterocycles. The number of carbonyl (C=O) groups is 1. The fourth-order valence-corrected chi connectivity index (χ4v) is 3.61. The maximum Gasteiger partial charge on any atom is 0.404 e. The molecular weight excluding hydrogens is 341 g/mol. The number of carbonyl (C=O) groups excluding carboxylic acids is 1. The Kier molecular flexibility index (Phi) is 7.48. The zero-order chi connectivity index (χ0) is 18.4. The van der Waals surface area contributed by atoms with Gasteiger partial charge in [-0.05, 0) is 25.8 Å². The van der Waals surface area contributed by atoms with E-state index >= 15 is 0 Å². The van der Waals surface area contributed by atoms with Crippen LogP contribution in [-0.2, 0) is 30.5 Å². The molecule has 24 heavy (non-hydrogen) atoms. The Bertz CT molecular complexity index is 586. The van der Waals surface area contributed by atoms with Crippen molar-refractivity contribution in [1.29, 1.82) is 0 Å². The third-order valence-electron chi connectivity index (χ3n) is 3.28. The van der Waals surface area contributed by atoms with Crippen molar-refractivity contribution in [3.05, 3.63) is 35.4 Å². The topological polar surface area (TPSA) is 90.7 Å². The van der Waals surface area contributed by atoms with Crippen LogP contribution in [0.3, 0.4) is 0 Å². The third-order valence-corrected chi connectivity index (χ3v) is 5.42. The second-order valence-corrected chi connectivity index (χ2v) is 7.07. The van der Waals surface area contributed by atoms with Crippen LogP contribution in [0, 0.1) is 0 Å². The van der Waals surface area contributed by atoms with Gasteiger partial charge in [0.15, 0.2) is 0 Å². The molecule has 1 aromatic rings. The molecule has 0 aliphatic rings. The van der Waals surface area contributed by atoms with E-state index in [4.69, 9.17) is 14.8 Å². The van der Waals surface area contributed by atoms with E-state index in [0.29, 0.717) is 5.56 Å². The van der Waals surface area contributed by atoms with Crippen molar-refractivity contribution in [2.45, 2.75) is 32.0 Å². The van der Waals surface area contributed by atoms with Crippen LogP contribution in [-0.4, -0.2) is 32.2 Å². The van der Waals surface area contributed by atoms with Gasteiger partial charge in [-0.15, -0.1) is 0 Å². The van der Waals surface area contributed by atoms with Crippen molar-refractivity contribution >= 4 is 13.5 Å². The van der Waals surface area contributed by atoms with Crippen molar-refractivity contribution in [2.75, 3.05) is 20.3 Å². The number of alkyl halides is 2. The minimum absolute atomic E-state index is 0.161. The van der Waals surface area contributed by atoms with Crippen molar-refractivity contribution < 1.29 is 27.2 Å². The van der Waals surface area contributed by atoms with Gasteiger partial charge in [-0.2, -0.15) is 8.78 Å². The summed E-state index contributed by atoms with van der Waals surface area (Å²) in [6.45, 7) is 2.61. The monoisotopic (exact) mass is 364 g/mol. The summed E-state index contributed by atoms with van der Waals surface area (Å²) >= 11 is 0. The first-order valence-electron chi connectivity index (χ1n) is 7.55. The lowest BCUT2D eigenvalue weighted by Crippen LogP contribution is -2.40. The summed E-state index contributed by atoms with van der Waals surface area (Å²) in [5.74, 6) is -0.346. The van der Waals surface area contributed by atoms with Gasteiger partial charge in [0.25, 0.3) is 0 Å². The van der Waals surface area contributed by atoms with Gasteiger partial charge in [-0.25, -0.2) is 0 Å². The van der Waals surface area contributed by atoms with E-state index in [9.17, 15) is 18.1 Å². The largest absolute Gasteiger partial charge is 0.404 e. The molecule has 0 saturated carbocycles. The molecule has 3 N–H and O–H groups in total. The molecule has 0 saturated heterocycles. The summed E-state index contributed by atoms with van der Waals surface area (Å²) in [4.78, 5) is 11.4. The molecule has 136 valence electrons. The van der Waals surface area contributed by atoms with Crippen LogP contribution < -0.4 is 11.1 Å². The van der Waals surface area contributed by atoms with E-state index in [-0.39, 0.29) is 25.5 Å². The fourth-order valence-electron chi connectivity index (χ4n) is 2.07. The average molecular weight is 364 g/mol. The Balaban J connectivity index is 3.01. The predicted molar refractivity (Wildman–Crippen MR) is 86.9 cm³/mol. The van der Waals surface area contributed by atoms with E-state index in [1.807, 2.05) is 0 Å². The first kappa shape index (κ1) is 20.7. The van der Waals surface area contributed by atoms with E-state index in [2.05, 4.69) is 5.32 Å². The summed E-state index contributed by atoms with van der Waals surface area (Å²) in [7, 11) is -3.17. The molecule has 0 spiro atoms. The molecule has 0 radical (unpaired) electrons. The molecule has 0 aromatic heterocycles. The number of rotatable bonds is 9. The van der Waals surface area contributed by atoms with Gasteiger partial charge in [0.1, 0.15) is 0 Å². The molecule has 6 nitrogen and oxygen atoms in total.